The summed E-state index contributed by atoms with van der Waals surface area (Å²) >= 11 is 1.63. The third-order valence-corrected chi connectivity index (χ3v) is 4.00. The predicted molar refractivity (Wildman–Crippen MR) is 77.9 cm³/mol. The van der Waals surface area contributed by atoms with Crippen LogP contribution in [-0.4, -0.2) is 51.9 Å². The van der Waals surface area contributed by atoms with Gasteiger partial charge in [-0.3, -0.25) is 0 Å². The highest BCUT2D eigenvalue weighted by atomic mass is 32.2. The maximum atomic E-state index is 5.67. The third-order valence-electron chi connectivity index (χ3n) is 3.11. The maximum absolute atomic E-state index is 5.67. The van der Waals surface area contributed by atoms with Crippen molar-refractivity contribution in [1.29, 1.82) is 0 Å². The Bertz CT molecular complexity index is 399. The second kappa shape index (κ2) is 7.38. The summed E-state index contributed by atoms with van der Waals surface area (Å²) in [6.45, 7) is 8.54. The van der Waals surface area contributed by atoms with Gasteiger partial charge >= 0.3 is 0 Å². The summed E-state index contributed by atoms with van der Waals surface area (Å²) in [6.07, 6.45) is 3.84. The number of hydrogen-bond acceptors (Lipinski definition) is 6. The van der Waals surface area contributed by atoms with Gasteiger partial charge in [0.1, 0.15) is 0 Å². The SMILES string of the molecule is CC(C)(C)n1nnnc1SCCOCC1CCCCO1. The van der Waals surface area contributed by atoms with E-state index in [0.29, 0.717) is 13.2 Å². The first-order valence-electron chi connectivity index (χ1n) is 7.18. The van der Waals surface area contributed by atoms with Gasteiger partial charge in [0.25, 0.3) is 0 Å². The lowest BCUT2D eigenvalue weighted by molar-refractivity contribution is -0.0376. The summed E-state index contributed by atoms with van der Waals surface area (Å²) < 4.78 is 13.1. The van der Waals surface area contributed by atoms with E-state index in [4.69, 9.17) is 9.47 Å². The first-order chi connectivity index (χ1) is 9.57. The van der Waals surface area contributed by atoms with E-state index in [1.165, 1.54) is 12.8 Å². The molecule has 2 heterocycles. The van der Waals surface area contributed by atoms with E-state index in [1.54, 1.807) is 11.8 Å². The minimum absolute atomic E-state index is 0.0946. The topological polar surface area (TPSA) is 62.1 Å². The van der Waals surface area contributed by atoms with Crippen LogP contribution in [0.2, 0.25) is 0 Å². The zero-order valence-electron chi connectivity index (χ0n) is 12.5. The standard InChI is InChI=1S/C13H24N4O2S/c1-13(2,3)17-12(14-15-16-17)20-9-8-18-10-11-6-4-5-7-19-11/h11H,4-10H2,1-3H3. The number of tetrazole rings is 1. The Balaban J connectivity index is 1.65. The average molecular weight is 300 g/mol. The van der Waals surface area contributed by atoms with Crippen molar-refractivity contribution in [2.24, 2.45) is 0 Å². The smallest absolute Gasteiger partial charge is 0.209 e. The molecule has 1 fully saturated rings. The highest BCUT2D eigenvalue weighted by Crippen LogP contribution is 2.21. The van der Waals surface area contributed by atoms with E-state index in [-0.39, 0.29) is 11.6 Å². The highest BCUT2D eigenvalue weighted by molar-refractivity contribution is 7.99. The molecule has 1 aromatic heterocycles. The van der Waals surface area contributed by atoms with Gasteiger partial charge in [-0.25, -0.2) is 4.68 Å². The van der Waals surface area contributed by atoms with Crippen LogP contribution in [0.5, 0.6) is 0 Å². The fourth-order valence-corrected chi connectivity index (χ4v) is 2.95. The molecule has 2 rings (SSSR count). The van der Waals surface area contributed by atoms with Gasteiger partial charge in [-0.2, -0.15) is 0 Å². The number of ether oxygens (including phenoxy) is 2. The van der Waals surface area contributed by atoms with Gasteiger partial charge in [0.15, 0.2) is 0 Å². The molecule has 0 saturated carbocycles. The van der Waals surface area contributed by atoms with Gasteiger partial charge in [0.05, 0.1) is 24.9 Å². The van der Waals surface area contributed by atoms with Crippen LogP contribution in [0.3, 0.4) is 0 Å². The minimum atomic E-state index is -0.0946. The van der Waals surface area contributed by atoms with E-state index >= 15 is 0 Å². The van der Waals surface area contributed by atoms with Crippen molar-refractivity contribution in [3.05, 3.63) is 0 Å². The number of hydrogen-bond donors (Lipinski definition) is 0. The Hall–Kier alpha value is -0.660. The lowest BCUT2D eigenvalue weighted by atomic mass is 10.1. The summed E-state index contributed by atoms with van der Waals surface area (Å²) in [7, 11) is 0. The van der Waals surface area contributed by atoms with Crippen LogP contribution >= 0.6 is 11.8 Å². The summed E-state index contributed by atoms with van der Waals surface area (Å²) in [6, 6.07) is 0. The van der Waals surface area contributed by atoms with Gasteiger partial charge in [-0.15, -0.1) is 5.10 Å². The van der Waals surface area contributed by atoms with E-state index in [0.717, 1.165) is 23.9 Å². The van der Waals surface area contributed by atoms with Crippen molar-refractivity contribution in [1.82, 2.24) is 20.2 Å². The quantitative estimate of drug-likeness (QED) is 0.592. The molecule has 6 nitrogen and oxygen atoms in total. The Morgan fingerprint density at radius 3 is 2.95 bits per heavy atom. The molecule has 114 valence electrons. The Labute approximate surface area is 124 Å². The molecule has 1 aromatic rings. The minimum Gasteiger partial charge on any atom is -0.378 e. The molecule has 0 amide bonds. The Kier molecular flexibility index (Phi) is 5.80. The van der Waals surface area contributed by atoms with Crippen molar-refractivity contribution < 1.29 is 9.47 Å². The summed E-state index contributed by atoms with van der Waals surface area (Å²) in [5.41, 5.74) is -0.0946. The fraction of sp³-hybridized carbons (Fsp3) is 0.923. The van der Waals surface area contributed by atoms with Crippen molar-refractivity contribution in [3.63, 3.8) is 0 Å². The van der Waals surface area contributed by atoms with Crippen LogP contribution < -0.4 is 0 Å². The van der Waals surface area contributed by atoms with Crippen molar-refractivity contribution in [2.75, 3.05) is 25.6 Å². The van der Waals surface area contributed by atoms with E-state index in [9.17, 15) is 0 Å². The molecular formula is C13H24N4O2S. The molecule has 7 heteroatoms. The molecule has 0 aliphatic carbocycles. The predicted octanol–water partition coefficient (Wildman–Crippen LogP) is 2.11. The molecule has 1 aliphatic heterocycles. The van der Waals surface area contributed by atoms with Gasteiger partial charge in [-0.1, -0.05) is 11.8 Å². The van der Waals surface area contributed by atoms with E-state index in [2.05, 4.69) is 36.3 Å². The van der Waals surface area contributed by atoms with Gasteiger partial charge < -0.3 is 9.47 Å². The lowest BCUT2D eigenvalue weighted by Crippen LogP contribution is -2.25. The second-order valence-electron chi connectivity index (χ2n) is 5.96. The van der Waals surface area contributed by atoms with Gasteiger partial charge in [0.2, 0.25) is 5.16 Å². The van der Waals surface area contributed by atoms with Crippen molar-refractivity contribution >= 4 is 11.8 Å². The number of rotatable bonds is 6. The van der Waals surface area contributed by atoms with Crippen LogP contribution in [0, 0.1) is 0 Å². The first-order valence-corrected chi connectivity index (χ1v) is 8.17. The van der Waals surface area contributed by atoms with Crippen molar-refractivity contribution in [2.45, 2.75) is 56.8 Å². The molecule has 1 atom stereocenters. The maximum Gasteiger partial charge on any atom is 0.209 e. The summed E-state index contributed by atoms with van der Waals surface area (Å²) in [5.74, 6) is 0.850. The molecule has 0 aromatic carbocycles. The molecule has 0 N–H and O–H groups in total. The van der Waals surface area contributed by atoms with Crippen LogP contribution in [0.15, 0.2) is 5.16 Å². The monoisotopic (exact) mass is 300 g/mol. The highest BCUT2D eigenvalue weighted by Gasteiger charge is 2.19. The molecule has 0 radical (unpaired) electrons. The molecular weight excluding hydrogens is 276 g/mol. The number of nitrogens with zero attached hydrogens (tertiary/aromatic N) is 4. The van der Waals surface area contributed by atoms with Crippen LogP contribution in [-0.2, 0) is 15.0 Å². The summed E-state index contributed by atoms with van der Waals surface area (Å²) in [4.78, 5) is 0. The number of thioether (sulfide) groups is 1. The first kappa shape index (κ1) is 15.7. The normalized spacial score (nSPS) is 20.2. The summed E-state index contributed by atoms with van der Waals surface area (Å²) in [5, 5.41) is 12.7. The van der Waals surface area contributed by atoms with Crippen LogP contribution in [0.4, 0.5) is 0 Å². The third kappa shape index (κ3) is 4.71. The largest absolute Gasteiger partial charge is 0.378 e. The average Bonchev–Trinajstić information content (AvgIpc) is 2.88. The molecule has 0 spiro atoms. The molecule has 1 aliphatic rings. The fourth-order valence-electron chi connectivity index (χ4n) is 2.04. The van der Waals surface area contributed by atoms with Crippen LogP contribution in [0.1, 0.15) is 40.0 Å². The molecule has 1 unspecified atom stereocenters. The van der Waals surface area contributed by atoms with Crippen molar-refractivity contribution in [3.8, 4) is 0 Å². The molecule has 0 bridgehead atoms. The zero-order valence-corrected chi connectivity index (χ0v) is 13.4. The lowest BCUT2D eigenvalue weighted by Gasteiger charge is -2.22. The Morgan fingerprint density at radius 1 is 1.40 bits per heavy atom. The van der Waals surface area contributed by atoms with E-state index < -0.39 is 0 Å². The zero-order chi connectivity index (χ0) is 14.4. The Morgan fingerprint density at radius 2 is 2.25 bits per heavy atom. The second-order valence-corrected chi connectivity index (χ2v) is 7.02. The molecule has 1 saturated heterocycles. The van der Waals surface area contributed by atoms with Gasteiger partial charge in [-0.05, 0) is 50.5 Å². The van der Waals surface area contributed by atoms with E-state index in [1.807, 2.05) is 4.68 Å². The van der Waals surface area contributed by atoms with Gasteiger partial charge in [0, 0.05) is 12.4 Å². The molecule has 20 heavy (non-hydrogen) atoms. The number of aromatic nitrogens is 4. The van der Waals surface area contributed by atoms with Crippen LogP contribution in [0.25, 0.3) is 0 Å².